The highest BCUT2D eigenvalue weighted by atomic mass is 14.4. The molecule has 84 valence electrons. The van der Waals surface area contributed by atoms with Gasteiger partial charge in [-0.1, -0.05) is 53.4 Å². The van der Waals surface area contributed by atoms with Gasteiger partial charge in [-0.25, -0.2) is 0 Å². The predicted molar refractivity (Wildman–Crippen MR) is 64.4 cm³/mol. The molecule has 14 heavy (non-hydrogen) atoms. The quantitative estimate of drug-likeness (QED) is 0.541. The molecule has 1 aliphatic rings. The van der Waals surface area contributed by atoms with E-state index in [2.05, 4.69) is 27.7 Å². The van der Waals surface area contributed by atoms with Crippen molar-refractivity contribution in [3.63, 3.8) is 0 Å². The van der Waals surface area contributed by atoms with E-state index in [4.69, 9.17) is 0 Å². The Labute approximate surface area is 90.5 Å². The summed E-state index contributed by atoms with van der Waals surface area (Å²) in [5.41, 5.74) is 0.631. The number of unbranched alkanes of at least 4 members (excludes halogenated alkanes) is 3. The first-order valence-corrected chi connectivity index (χ1v) is 6.58. The first-order chi connectivity index (χ1) is 6.58. The van der Waals surface area contributed by atoms with Crippen LogP contribution in [0.5, 0.6) is 0 Å². The van der Waals surface area contributed by atoms with Gasteiger partial charge in [0.1, 0.15) is 0 Å². The fourth-order valence-electron chi connectivity index (χ4n) is 3.22. The highest BCUT2D eigenvalue weighted by Crippen LogP contribution is 2.48. The molecule has 1 saturated carbocycles. The summed E-state index contributed by atoms with van der Waals surface area (Å²) in [6, 6.07) is 0. The van der Waals surface area contributed by atoms with E-state index in [1.807, 2.05) is 0 Å². The van der Waals surface area contributed by atoms with Gasteiger partial charge in [0.15, 0.2) is 0 Å². The first-order valence-electron chi connectivity index (χ1n) is 6.58. The smallest absolute Gasteiger partial charge is 0.0323 e. The van der Waals surface area contributed by atoms with Gasteiger partial charge in [-0.05, 0) is 36.5 Å². The monoisotopic (exact) mass is 196 g/mol. The zero-order valence-corrected chi connectivity index (χ0v) is 10.6. The second-order valence-corrected chi connectivity index (χ2v) is 5.96. The van der Waals surface area contributed by atoms with Gasteiger partial charge in [0.2, 0.25) is 0 Å². The number of rotatable bonds is 5. The lowest BCUT2D eigenvalue weighted by Gasteiger charge is -2.29. The van der Waals surface area contributed by atoms with Crippen LogP contribution < -0.4 is 0 Å². The molecule has 1 aliphatic carbocycles. The summed E-state index contributed by atoms with van der Waals surface area (Å²) in [4.78, 5) is 0. The molecule has 0 bridgehead atoms. The fraction of sp³-hybridized carbons (Fsp3) is 1.00. The maximum atomic E-state index is 2.47. The van der Waals surface area contributed by atoms with Crippen LogP contribution in [0.4, 0.5) is 0 Å². The van der Waals surface area contributed by atoms with Crippen LogP contribution in [-0.4, -0.2) is 0 Å². The van der Waals surface area contributed by atoms with Crippen molar-refractivity contribution in [2.24, 2.45) is 17.3 Å². The molecule has 0 N–H and O–H groups in total. The third-order valence-corrected chi connectivity index (χ3v) is 4.30. The van der Waals surface area contributed by atoms with Crippen LogP contribution in [0.15, 0.2) is 0 Å². The van der Waals surface area contributed by atoms with Gasteiger partial charge in [0.05, 0.1) is 0 Å². The van der Waals surface area contributed by atoms with Crippen LogP contribution in [0.25, 0.3) is 0 Å². The van der Waals surface area contributed by atoms with Gasteiger partial charge in [-0.2, -0.15) is 0 Å². The molecule has 1 fully saturated rings. The normalized spacial score (nSPS) is 30.9. The third kappa shape index (κ3) is 3.00. The minimum absolute atomic E-state index is 0.631. The highest BCUT2D eigenvalue weighted by molar-refractivity contribution is 4.88. The largest absolute Gasteiger partial charge is 0.0654 e. The van der Waals surface area contributed by atoms with Crippen LogP contribution in [-0.2, 0) is 0 Å². The molecular weight excluding hydrogens is 168 g/mol. The maximum absolute atomic E-state index is 2.47. The van der Waals surface area contributed by atoms with Crippen LogP contribution in [0.2, 0.25) is 0 Å². The van der Waals surface area contributed by atoms with Crippen molar-refractivity contribution in [3.05, 3.63) is 0 Å². The van der Waals surface area contributed by atoms with Crippen LogP contribution in [0.1, 0.15) is 72.6 Å². The average molecular weight is 196 g/mol. The molecule has 2 atom stereocenters. The Bertz CT molecular complexity index is 157. The Morgan fingerprint density at radius 3 is 2.36 bits per heavy atom. The average Bonchev–Trinajstić information content (AvgIpc) is 2.38. The van der Waals surface area contributed by atoms with Crippen molar-refractivity contribution in [2.45, 2.75) is 72.6 Å². The summed E-state index contributed by atoms with van der Waals surface area (Å²) in [5, 5.41) is 0. The first kappa shape index (κ1) is 12.1. The molecule has 0 amide bonds. The molecule has 0 aromatic rings. The molecule has 0 radical (unpaired) electrons. The molecule has 0 nitrogen and oxygen atoms in total. The summed E-state index contributed by atoms with van der Waals surface area (Å²) in [5.74, 6) is 1.98. The molecule has 0 heterocycles. The summed E-state index contributed by atoms with van der Waals surface area (Å²) in [6.45, 7) is 9.70. The second kappa shape index (κ2) is 5.19. The Balaban J connectivity index is 2.27. The van der Waals surface area contributed by atoms with Gasteiger partial charge in [0, 0.05) is 0 Å². The lowest BCUT2D eigenvalue weighted by atomic mass is 9.76. The van der Waals surface area contributed by atoms with Crippen molar-refractivity contribution in [3.8, 4) is 0 Å². The van der Waals surface area contributed by atoms with Gasteiger partial charge < -0.3 is 0 Å². The van der Waals surface area contributed by atoms with E-state index in [1.165, 1.54) is 44.9 Å². The van der Waals surface area contributed by atoms with E-state index in [-0.39, 0.29) is 0 Å². The Hall–Kier alpha value is 0. The fourth-order valence-corrected chi connectivity index (χ4v) is 3.22. The summed E-state index contributed by atoms with van der Waals surface area (Å²) < 4.78 is 0. The summed E-state index contributed by atoms with van der Waals surface area (Å²) in [7, 11) is 0. The van der Waals surface area contributed by atoms with E-state index < -0.39 is 0 Å². The molecule has 0 aromatic carbocycles. The number of hydrogen-bond donors (Lipinski definition) is 0. The highest BCUT2D eigenvalue weighted by Gasteiger charge is 2.38. The minimum atomic E-state index is 0.631. The molecule has 0 aliphatic heterocycles. The van der Waals surface area contributed by atoms with Gasteiger partial charge in [-0.3, -0.25) is 0 Å². The minimum Gasteiger partial charge on any atom is -0.0654 e. The molecule has 0 saturated heterocycles. The lowest BCUT2D eigenvalue weighted by Crippen LogP contribution is -2.20. The van der Waals surface area contributed by atoms with Crippen molar-refractivity contribution >= 4 is 0 Å². The SMILES string of the molecule is CCCCCCC1C(C)CCC1(C)C. The van der Waals surface area contributed by atoms with Crippen molar-refractivity contribution in [1.29, 1.82) is 0 Å². The Morgan fingerprint density at radius 2 is 1.86 bits per heavy atom. The molecule has 2 unspecified atom stereocenters. The summed E-state index contributed by atoms with van der Waals surface area (Å²) in [6.07, 6.45) is 10.1. The molecular formula is C14H28. The van der Waals surface area contributed by atoms with Gasteiger partial charge in [-0.15, -0.1) is 0 Å². The zero-order valence-electron chi connectivity index (χ0n) is 10.6. The van der Waals surface area contributed by atoms with Crippen LogP contribution in [0.3, 0.4) is 0 Å². The number of hydrogen-bond acceptors (Lipinski definition) is 0. The predicted octanol–water partition coefficient (Wildman–Crippen LogP) is 5.03. The summed E-state index contributed by atoms with van der Waals surface area (Å²) >= 11 is 0. The maximum Gasteiger partial charge on any atom is -0.0323 e. The van der Waals surface area contributed by atoms with Crippen LogP contribution >= 0.6 is 0 Å². The van der Waals surface area contributed by atoms with Gasteiger partial charge in [0.25, 0.3) is 0 Å². The van der Waals surface area contributed by atoms with E-state index in [1.54, 1.807) is 0 Å². The second-order valence-electron chi connectivity index (χ2n) is 5.96. The van der Waals surface area contributed by atoms with Crippen molar-refractivity contribution in [1.82, 2.24) is 0 Å². The van der Waals surface area contributed by atoms with E-state index in [0.29, 0.717) is 5.41 Å². The topological polar surface area (TPSA) is 0 Å². The molecule has 0 spiro atoms. The van der Waals surface area contributed by atoms with Gasteiger partial charge >= 0.3 is 0 Å². The van der Waals surface area contributed by atoms with E-state index in [0.717, 1.165) is 11.8 Å². The Morgan fingerprint density at radius 1 is 1.14 bits per heavy atom. The van der Waals surface area contributed by atoms with Crippen molar-refractivity contribution in [2.75, 3.05) is 0 Å². The van der Waals surface area contributed by atoms with Crippen molar-refractivity contribution < 1.29 is 0 Å². The third-order valence-electron chi connectivity index (χ3n) is 4.30. The lowest BCUT2D eigenvalue weighted by molar-refractivity contribution is 0.206. The molecule has 1 rings (SSSR count). The zero-order chi connectivity index (χ0) is 10.6. The van der Waals surface area contributed by atoms with E-state index >= 15 is 0 Å². The van der Waals surface area contributed by atoms with Crippen LogP contribution in [0, 0.1) is 17.3 Å². The Kier molecular flexibility index (Phi) is 4.47. The standard InChI is InChI=1S/C14H28/c1-5-6-7-8-9-13-12(2)10-11-14(13,3)4/h12-13H,5-11H2,1-4H3. The van der Waals surface area contributed by atoms with E-state index in [9.17, 15) is 0 Å². The molecule has 0 aromatic heterocycles. The molecule has 0 heteroatoms.